The van der Waals surface area contributed by atoms with Gasteiger partial charge in [0.1, 0.15) is 23.9 Å². The smallest absolute Gasteiger partial charge is 0.328 e. The lowest BCUT2D eigenvalue weighted by atomic mass is 10.0. The van der Waals surface area contributed by atoms with Crippen molar-refractivity contribution in [2.75, 3.05) is 20.8 Å². The minimum absolute atomic E-state index is 0.00443. The van der Waals surface area contributed by atoms with Gasteiger partial charge in [-0.05, 0) is 31.0 Å². The largest absolute Gasteiger partial charge is 0.467 e. The molecule has 0 spiro atoms. The van der Waals surface area contributed by atoms with E-state index in [1.807, 2.05) is 54.6 Å². The number of aliphatic hydroxyl groups excluding tert-OH is 2. The fourth-order valence-corrected chi connectivity index (χ4v) is 4.33. The summed E-state index contributed by atoms with van der Waals surface area (Å²) in [7, 11) is 2.64. The number of amides is 2. The molecule has 1 heterocycles. The molecule has 1 aromatic heterocycles. The molecule has 3 rings (SSSR count). The van der Waals surface area contributed by atoms with E-state index >= 15 is 0 Å². The van der Waals surface area contributed by atoms with Crippen LogP contribution in [-0.2, 0) is 41.5 Å². The molecule has 2 amide bonds. The van der Waals surface area contributed by atoms with E-state index in [9.17, 15) is 24.6 Å². The molecule has 42 heavy (non-hydrogen) atoms. The molecule has 0 aliphatic heterocycles. The summed E-state index contributed by atoms with van der Waals surface area (Å²) in [6.07, 6.45) is -1.16. The number of aromatic nitrogens is 1. The lowest BCUT2D eigenvalue weighted by Crippen LogP contribution is -2.53. The Morgan fingerprint density at radius 1 is 0.929 bits per heavy atom. The van der Waals surface area contributed by atoms with Crippen LogP contribution in [0.3, 0.4) is 0 Å². The number of oxime groups is 1. The molecule has 0 aliphatic carbocycles. The second-order valence-electron chi connectivity index (χ2n) is 9.81. The molecule has 2 aromatic carbocycles. The summed E-state index contributed by atoms with van der Waals surface area (Å²) in [5.74, 6) is -1.90. The van der Waals surface area contributed by atoms with E-state index in [0.29, 0.717) is 0 Å². The highest BCUT2D eigenvalue weighted by molar-refractivity contribution is 5.93. The zero-order chi connectivity index (χ0) is 30.6. The second kappa shape index (κ2) is 15.7. The first-order chi connectivity index (χ1) is 20.1. The number of methoxy groups -OCH3 is 2. The number of rotatable bonds is 15. The number of para-hydroxylation sites is 1. The Bertz CT molecular complexity index is 1360. The normalized spacial score (nSPS) is 15.2. The maximum atomic E-state index is 13.5. The van der Waals surface area contributed by atoms with Crippen molar-refractivity contribution in [1.82, 2.24) is 15.6 Å². The predicted octanol–water partition coefficient (Wildman–Crippen LogP) is 1.24. The van der Waals surface area contributed by atoms with Crippen molar-refractivity contribution in [2.24, 2.45) is 5.16 Å². The number of esters is 1. The van der Waals surface area contributed by atoms with Crippen molar-refractivity contribution in [3.05, 3.63) is 71.9 Å². The summed E-state index contributed by atoms with van der Waals surface area (Å²) in [6, 6.07) is 14.6. The third kappa shape index (κ3) is 8.87. The van der Waals surface area contributed by atoms with Gasteiger partial charge in [0.15, 0.2) is 6.61 Å². The van der Waals surface area contributed by atoms with Crippen LogP contribution in [0.15, 0.2) is 65.9 Å². The zero-order valence-electron chi connectivity index (χ0n) is 24.1. The van der Waals surface area contributed by atoms with Gasteiger partial charge in [-0.2, -0.15) is 0 Å². The first-order valence-electron chi connectivity index (χ1n) is 13.5. The van der Waals surface area contributed by atoms with Gasteiger partial charge in [-0.15, -0.1) is 0 Å². The monoisotopic (exact) mass is 582 g/mol. The van der Waals surface area contributed by atoms with Crippen molar-refractivity contribution in [2.45, 2.75) is 57.1 Å². The minimum atomic E-state index is -1.37. The Morgan fingerprint density at radius 2 is 1.62 bits per heavy atom. The number of hydrogen-bond acceptors (Lipinski definition) is 9. The van der Waals surface area contributed by atoms with Gasteiger partial charge in [-0.25, -0.2) is 4.79 Å². The van der Waals surface area contributed by atoms with E-state index in [2.05, 4.69) is 20.8 Å². The molecule has 0 bridgehead atoms. The number of hydrogen-bond donors (Lipinski definition) is 5. The Morgan fingerprint density at radius 3 is 2.29 bits per heavy atom. The van der Waals surface area contributed by atoms with E-state index in [4.69, 9.17) is 14.3 Å². The summed E-state index contributed by atoms with van der Waals surface area (Å²) in [5, 5.41) is 30.0. The summed E-state index contributed by atoms with van der Waals surface area (Å²) in [4.78, 5) is 47.3. The molecule has 12 heteroatoms. The maximum Gasteiger partial charge on any atom is 0.328 e. The molecule has 0 unspecified atom stereocenters. The van der Waals surface area contributed by atoms with E-state index in [-0.39, 0.29) is 18.6 Å². The molecule has 12 nitrogen and oxygen atoms in total. The molecular formula is C30H38N4O8. The summed E-state index contributed by atoms with van der Waals surface area (Å²) < 4.78 is 10.1. The van der Waals surface area contributed by atoms with Crippen LogP contribution in [0, 0.1) is 0 Å². The molecule has 0 aliphatic rings. The lowest BCUT2D eigenvalue weighted by Gasteiger charge is -2.22. The van der Waals surface area contributed by atoms with Gasteiger partial charge in [0.05, 0.1) is 19.3 Å². The van der Waals surface area contributed by atoms with E-state index in [1.165, 1.54) is 21.1 Å². The zero-order valence-corrected chi connectivity index (χ0v) is 24.1. The van der Waals surface area contributed by atoms with Crippen LogP contribution in [0.1, 0.15) is 25.0 Å². The number of carbonyl (C=O) groups is 3. The Hall–Kier alpha value is -4.26. The van der Waals surface area contributed by atoms with Crippen molar-refractivity contribution < 1.29 is 38.9 Å². The van der Waals surface area contributed by atoms with Gasteiger partial charge in [0.2, 0.25) is 5.91 Å². The highest BCUT2D eigenvalue weighted by Crippen LogP contribution is 2.19. The topological polar surface area (TPSA) is 172 Å². The molecule has 3 aromatic rings. The summed E-state index contributed by atoms with van der Waals surface area (Å²) >= 11 is 0. The van der Waals surface area contributed by atoms with Crippen LogP contribution in [0.2, 0.25) is 0 Å². The Balaban J connectivity index is 1.79. The molecule has 0 radical (unpaired) electrons. The first-order valence-corrected chi connectivity index (χ1v) is 13.5. The van der Waals surface area contributed by atoms with Gasteiger partial charge in [-0.3, -0.25) is 9.59 Å². The average Bonchev–Trinajstić information content (AvgIpc) is 3.40. The van der Waals surface area contributed by atoms with Crippen LogP contribution in [0.5, 0.6) is 0 Å². The summed E-state index contributed by atoms with van der Waals surface area (Å²) in [6.45, 7) is 2.39. The summed E-state index contributed by atoms with van der Waals surface area (Å²) in [5.41, 5.74) is 2.45. The van der Waals surface area contributed by atoms with Gasteiger partial charge in [0, 0.05) is 37.1 Å². The van der Waals surface area contributed by atoms with Crippen LogP contribution in [0.25, 0.3) is 10.9 Å². The first kappa shape index (κ1) is 32.3. The molecule has 0 fully saturated rings. The standard InChI is InChI=1S/C30H38N4O8/c1-18(35)28(37)27(19(2)40-3)34-42-17-26(36)32-24(15-21-16-31-23-13-9-8-12-22(21)23)29(38)33-25(30(39)41-4)14-20-10-6-5-7-11-20/h5-13,16,18-19,24-25,28,31,35,37H,14-15,17H2,1-4H3,(H,32,36)(H,33,38)/b34-27-/t18-,19+,24+,25+,28+/m1/s1. The number of fused-ring (bicyclic) bond motifs is 1. The van der Waals surface area contributed by atoms with Crippen molar-refractivity contribution in [3.8, 4) is 0 Å². The molecule has 0 saturated carbocycles. The number of benzene rings is 2. The van der Waals surface area contributed by atoms with Crippen molar-refractivity contribution >= 4 is 34.4 Å². The second-order valence-corrected chi connectivity index (χ2v) is 9.81. The fraction of sp³-hybridized carbons (Fsp3) is 0.400. The van der Waals surface area contributed by atoms with Gasteiger partial charge < -0.3 is 40.1 Å². The lowest BCUT2D eigenvalue weighted by molar-refractivity contribution is -0.145. The average molecular weight is 583 g/mol. The number of nitrogens with one attached hydrogen (secondary N) is 3. The van der Waals surface area contributed by atoms with Crippen LogP contribution in [0.4, 0.5) is 0 Å². The number of aromatic amines is 1. The molecular weight excluding hydrogens is 544 g/mol. The maximum absolute atomic E-state index is 13.5. The van der Waals surface area contributed by atoms with Crippen molar-refractivity contribution in [3.63, 3.8) is 0 Å². The van der Waals surface area contributed by atoms with E-state index in [0.717, 1.165) is 22.0 Å². The van der Waals surface area contributed by atoms with Crippen molar-refractivity contribution in [1.29, 1.82) is 0 Å². The van der Waals surface area contributed by atoms with Crippen LogP contribution >= 0.6 is 0 Å². The number of ether oxygens (including phenoxy) is 2. The van der Waals surface area contributed by atoms with Gasteiger partial charge in [-0.1, -0.05) is 53.7 Å². The minimum Gasteiger partial charge on any atom is -0.467 e. The third-order valence-corrected chi connectivity index (χ3v) is 6.73. The molecule has 0 saturated heterocycles. The van der Waals surface area contributed by atoms with Gasteiger partial charge in [0.25, 0.3) is 5.91 Å². The fourth-order valence-electron chi connectivity index (χ4n) is 4.33. The SMILES string of the molecule is COC(=O)[C@H](Cc1ccccc1)NC(=O)[C@H](Cc1c[nH]c2ccccc12)NC(=O)CO/N=C(/[C@H](C)OC)[C@@H](O)[C@@H](C)O. The number of carbonyl (C=O) groups excluding carboxylic acids is 3. The predicted molar refractivity (Wildman–Crippen MR) is 156 cm³/mol. The molecule has 5 N–H and O–H groups in total. The number of nitrogens with zero attached hydrogens (tertiary/aromatic N) is 1. The highest BCUT2D eigenvalue weighted by atomic mass is 16.6. The number of aliphatic hydroxyl groups is 2. The van der Waals surface area contributed by atoms with E-state index < -0.39 is 54.8 Å². The van der Waals surface area contributed by atoms with E-state index in [1.54, 1.807) is 13.1 Å². The van der Waals surface area contributed by atoms with Gasteiger partial charge >= 0.3 is 5.97 Å². The molecule has 226 valence electrons. The highest BCUT2D eigenvalue weighted by Gasteiger charge is 2.29. The molecule has 5 atom stereocenters. The Labute approximate surface area is 244 Å². The number of H-pyrrole nitrogens is 1. The van der Waals surface area contributed by atoms with Crippen LogP contribution < -0.4 is 10.6 Å². The van der Waals surface area contributed by atoms with Crippen LogP contribution in [-0.4, -0.2) is 89.9 Å². The third-order valence-electron chi connectivity index (χ3n) is 6.73. The quantitative estimate of drug-likeness (QED) is 0.101. The Kier molecular flexibility index (Phi) is 12.0.